The van der Waals surface area contributed by atoms with E-state index in [2.05, 4.69) is 6.92 Å². The molecule has 0 aliphatic heterocycles. The second kappa shape index (κ2) is 6.87. The molecule has 1 fully saturated rings. The zero-order chi connectivity index (χ0) is 17.3. The second-order valence-corrected chi connectivity index (χ2v) is 8.84. The molecule has 0 saturated heterocycles. The maximum Gasteiger partial charge on any atom is 0.154 e. The molecule has 128 valence electrons. The lowest BCUT2D eigenvalue weighted by molar-refractivity contribution is 0.121. The number of nitrogens with two attached hydrogens (primary N) is 1. The molecule has 0 spiro atoms. The summed E-state index contributed by atoms with van der Waals surface area (Å²) in [7, 11) is -3.27. The Bertz CT molecular complexity index is 670. The van der Waals surface area contributed by atoms with Crippen molar-refractivity contribution >= 4 is 27.0 Å². The Hall–Kier alpha value is -0.980. The van der Waals surface area contributed by atoms with Crippen LogP contribution in [0.5, 0.6) is 0 Å². The summed E-state index contributed by atoms with van der Waals surface area (Å²) in [6, 6.07) is 8.06. The van der Waals surface area contributed by atoms with Crippen LogP contribution in [0.15, 0.2) is 24.3 Å². The first kappa shape index (κ1) is 18.4. The summed E-state index contributed by atoms with van der Waals surface area (Å²) >= 11 is 5.26. The van der Waals surface area contributed by atoms with Crippen LogP contribution in [0, 0.1) is 5.41 Å². The van der Waals surface area contributed by atoms with Gasteiger partial charge in [0.2, 0.25) is 0 Å². The lowest BCUT2D eigenvalue weighted by atomic mass is 9.98. The molecule has 0 bridgehead atoms. The first-order valence-corrected chi connectivity index (χ1v) is 10.2. The average molecular weight is 356 g/mol. The summed E-state index contributed by atoms with van der Waals surface area (Å²) in [6.45, 7) is 6.39. The predicted octanol–water partition coefficient (Wildman–Crippen LogP) is 2.46. The van der Waals surface area contributed by atoms with Gasteiger partial charge in [0, 0.05) is 18.3 Å². The second-order valence-electron chi connectivity index (χ2n) is 5.99. The SMILES string of the molecule is CCOCC1(C(N)=S)C(c2ccc(CC)cc2)C1S(=O)(=O)CC. The van der Waals surface area contributed by atoms with Gasteiger partial charge in [-0.1, -0.05) is 50.3 Å². The van der Waals surface area contributed by atoms with Gasteiger partial charge in [-0.15, -0.1) is 0 Å². The molecule has 3 unspecified atom stereocenters. The molecule has 0 aromatic heterocycles. The van der Waals surface area contributed by atoms with E-state index in [9.17, 15) is 8.42 Å². The van der Waals surface area contributed by atoms with Gasteiger partial charge in [-0.3, -0.25) is 0 Å². The number of aryl methyl sites for hydroxylation is 1. The lowest BCUT2D eigenvalue weighted by Gasteiger charge is -2.16. The van der Waals surface area contributed by atoms with Crippen molar-refractivity contribution < 1.29 is 13.2 Å². The van der Waals surface area contributed by atoms with E-state index < -0.39 is 20.5 Å². The average Bonchev–Trinajstić information content (AvgIpc) is 3.24. The van der Waals surface area contributed by atoms with Crippen LogP contribution in [0.4, 0.5) is 0 Å². The molecule has 1 aliphatic carbocycles. The molecule has 3 atom stereocenters. The van der Waals surface area contributed by atoms with E-state index in [-0.39, 0.29) is 23.3 Å². The largest absolute Gasteiger partial charge is 0.393 e. The Balaban J connectivity index is 2.46. The monoisotopic (exact) mass is 355 g/mol. The normalized spacial score (nSPS) is 26.9. The van der Waals surface area contributed by atoms with Crippen LogP contribution in [0.2, 0.25) is 0 Å². The van der Waals surface area contributed by atoms with Crippen LogP contribution in [0.25, 0.3) is 0 Å². The molecule has 0 heterocycles. The van der Waals surface area contributed by atoms with E-state index >= 15 is 0 Å². The minimum absolute atomic E-state index is 0.0811. The zero-order valence-corrected chi connectivity index (χ0v) is 15.5. The molecular weight excluding hydrogens is 330 g/mol. The van der Waals surface area contributed by atoms with Gasteiger partial charge in [-0.2, -0.15) is 0 Å². The summed E-state index contributed by atoms with van der Waals surface area (Å²) in [4.78, 5) is 0.234. The van der Waals surface area contributed by atoms with Crippen molar-refractivity contribution in [2.45, 2.75) is 38.4 Å². The lowest BCUT2D eigenvalue weighted by Crippen LogP contribution is -2.34. The smallest absolute Gasteiger partial charge is 0.154 e. The molecule has 0 amide bonds. The maximum absolute atomic E-state index is 12.6. The van der Waals surface area contributed by atoms with Crippen molar-refractivity contribution in [3.05, 3.63) is 35.4 Å². The topological polar surface area (TPSA) is 69.4 Å². The van der Waals surface area contributed by atoms with Crippen molar-refractivity contribution in [1.29, 1.82) is 0 Å². The highest BCUT2D eigenvalue weighted by molar-refractivity contribution is 7.92. The summed E-state index contributed by atoms with van der Waals surface area (Å²) in [5.41, 5.74) is 7.39. The van der Waals surface area contributed by atoms with Crippen molar-refractivity contribution in [1.82, 2.24) is 0 Å². The number of benzene rings is 1. The van der Waals surface area contributed by atoms with E-state index in [1.54, 1.807) is 6.92 Å². The molecule has 1 aliphatic rings. The van der Waals surface area contributed by atoms with Crippen LogP contribution in [-0.2, 0) is 21.0 Å². The van der Waals surface area contributed by atoms with Crippen molar-refractivity contribution in [3.63, 3.8) is 0 Å². The van der Waals surface area contributed by atoms with Crippen LogP contribution in [0.3, 0.4) is 0 Å². The first-order chi connectivity index (χ1) is 10.8. The third-order valence-electron chi connectivity index (χ3n) is 4.80. The molecule has 6 heteroatoms. The fourth-order valence-electron chi connectivity index (χ4n) is 3.35. The number of sulfone groups is 1. The van der Waals surface area contributed by atoms with Gasteiger partial charge in [0.25, 0.3) is 0 Å². The van der Waals surface area contributed by atoms with E-state index in [1.807, 2.05) is 31.2 Å². The number of thiocarbonyl (C=S) groups is 1. The van der Waals surface area contributed by atoms with Gasteiger partial charge in [-0.25, -0.2) is 8.42 Å². The van der Waals surface area contributed by atoms with Crippen LogP contribution in [0.1, 0.15) is 37.8 Å². The van der Waals surface area contributed by atoms with Crippen LogP contribution >= 0.6 is 12.2 Å². The van der Waals surface area contributed by atoms with E-state index in [4.69, 9.17) is 22.7 Å². The van der Waals surface area contributed by atoms with E-state index in [1.165, 1.54) is 5.56 Å². The Morgan fingerprint density at radius 3 is 2.30 bits per heavy atom. The fourth-order valence-corrected chi connectivity index (χ4v) is 5.82. The highest BCUT2D eigenvalue weighted by atomic mass is 32.2. The fraction of sp³-hybridized carbons (Fsp3) is 0.588. The molecule has 23 heavy (non-hydrogen) atoms. The predicted molar refractivity (Wildman–Crippen MR) is 97.5 cm³/mol. The van der Waals surface area contributed by atoms with Gasteiger partial charge in [0.05, 0.1) is 22.3 Å². The van der Waals surface area contributed by atoms with Gasteiger partial charge in [0.15, 0.2) is 9.84 Å². The van der Waals surface area contributed by atoms with Crippen molar-refractivity contribution in [2.24, 2.45) is 11.1 Å². The minimum atomic E-state index is -3.27. The molecule has 1 aromatic rings. The van der Waals surface area contributed by atoms with Crippen molar-refractivity contribution in [3.8, 4) is 0 Å². The van der Waals surface area contributed by atoms with Crippen LogP contribution in [-0.4, -0.2) is 37.6 Å². The first-order valence-electron chi connectivity index (χ1n) is 8.03. The molecule has 1 saturated carbocycles. The van der Waals surface area contributed by atoms with Gasteiger partial charge in [0.1, 0.15) is 0 Å². The third kappa shape index (κ3) is 3.16. The van der Waals surface area contributed by atoms with E-state index in [0.717, 1.165) is 12.0 Å². The molecule has 1 aromatic carbocycles. The Kier molecular flexibility index (Phi) is 5.48. The van der Waals surface area contributed by atoms with E-state index in [0.29, 0.717) is 6.61 Å². The summed E-state index contributed by atoms with van der Waals surface area (Å²) < 4.78 is 30.7. The maximum atomic E-state index is 12.6. The zero-order valence-electron chi connectivity index (χ0n) is 13.9. The molecule has 2 N–H and O–H groups in total. The Morgan fingerprint density at radius 2 is 1.87 bits per heavy atom. The van der Waals surface area contributed by atoms with Crippen molar-refractivity contribution in [2.75, 3.05) is 19.0 Å². The summed E-state index contributed by atoms with van der Waals surface area (Å²) in [5, 5.41) is -0.587. The molecule has 4 nitrogen and oxygen atoms in total. The molecular formula is C17H25NO3S2. The summed E-state index contributed by atoms with van der Waals surface area (Å²) in [5.74, 6) is -0.139. The van der Waals surface area contributed by atoms with Crippen LogP contribution < -0.4 is 5.73 Å². The standard InChI is InChI=1S/C17H25NO3S2/c1-4-12-7-9-13(10-8-12)14-15(23(19,20)6-3)17(14,16(18)22)11-21-5-2/h7-10,14-15H,4-6,11H2,1-3H3,(H2,18,22). The highest BCUT2D eigenvalue weighted by Gasteiger charge is 2.72. The summed E-state index contributed by atoms with van der Waals surface area (Å²) in [6.07, 6.45) is 0.945. The number of hydrogen-bond donors (Lipinski definition) is 1. The number of hydrogen-bond acceptors (Lipinski definition) is 4. The van der Waals surface area contributed by atoms with Gasteiger partial charge >= 0.3 is 0 Å². The van der Waals surface area contributed by atoms with Gasteiger partial charge in [-0.05, 0) is 24.5 Å². The number of ether oxygens (including phenoxy) is 1. The highest BCUT2D eigenvalue weighted by Crippen LogP contribution is 2.63. The minimum Gasteiger partial charge on any atom is -0.393 e. The molecule has 0 radical (unpaired) electrons. The Morgan fingerprint density at radius 1 is 1.26 bits per heavy atom. The Labute approximate surface area is 144 Å². The quantitative estimate of drug-likeness (QED) is 0.726. The number of rotatable bonds is 8. The molecule has 2 rings (SSSR count). The van der Waals surface area contributed by atoms with Gasteiger partial charge < -0.3 is 10.5 Å². The third-order valence-corrected chi connectivity index (χ3v) is 7.45.